The molecule has 148 valence electrons. The zero-order valence-electron chi connectivity index (χ0n) is 15.4. The second kappa shape index (κ2) is 9.29. The smallest absolute Gasteiger partial charge is 0.259 e. The molecule has 0 aliphatic heterocycles. The highest BCUT2D eigenvalue weighted by atomic mass is 79.9. The molecule has 0 unspecified atom stereocenters. The molecular formula is C21H17BrFN3O3. The molecule has 1 aromatic heterocycles. The van der Waals surface area contributed by atoms with Crippen LogP contribution in [-0.2, 0) is 4.79 Å². The van der Waals surface area contributed by atoms with Crippen LogP contribution in [0.25, 0.3) is 11.3 Å². The highest BCUT2D eigenvalue weighted by Crippen LogP contribution is 2.30. The number of hydrazone groups is 1. The van der Waals surface area contributed by atoms with Gasteiger partial charge in [-0.3, -0.25) is 9.59 Å². The van der Waals surface area contributed by atoms with Crippen LogP contribution in [0.5, 0.6) is 0 Å². The van der Waals surface area contributed by atoms with Gasteiger partial charge in [0, 0.05) is 15.6 Å². The molecule has 3 aromatic rings. The van der Waals surface area contributed by atoms with Crippen LogP contribution in [0.2, 0.25) is 0 Å². The third-order valence-corrected chi connectivity index (χ3v) is 4.57. The molecule has 0 aliphatic carbocycles. The Labute approximate surface area is 174 Å². The fraction of sp³-hybridized carbons (Fsp3) is 0.0952. The van der Waals surface area contributed by atoms with Crippen molar-refractivity contribution in [2.45, 2.75) is 6.92 Å². The molecule has 8 heteroatoms. The number of furan rings is 1. The Hall–Kier alpha value is -3.26. The summed E-state index contributed by atoms with van der Waals surface area (Å²) in [5, 5.41) is 6.24. The van der Waals surface area contributed by atoms with Crippen molar-refractivity contribution in [3.8, 4) is 11.3 Å². The lowest BCUT2D eigenvalue weighted by atomic mass is 10.1. The van der Waals surface area contributed by atoms with E-state index in [9.17, 15) is 14.0 Å². The maximum absolute atomic E-state index is 12.9. The predicted octanol–water partition coefficient (Wildman–Crippen LogP) is 4.04. The van der Waals surface area contributed by atoms with Gasteiger partial charge in [0.05, 0.1) is 12.8 Å². The normalized spacial score (nSPS) is 10.9. The van der Waals surface area contributed by atoms with Crippen molar-refractivity contribution in [3.05, 3.63) is 81.8 Å². The molecule has 0 atom stereocenters. The van der Waals surface area contributed by atoms with Crippen LogP contribution in [0.1, 0.15) is 21.7 Å². The lowest BCUT2D eigenvalue weighted by molar-refractivity contribution is -0.120. The molecule has 0 aliphatic rings. The van der Waals surface area contributed by atoms with E-state index in [1.165, 1.54) is 30.5 Å². The van der Waals surface area contributed by atoms with Gasteiger partial charge in [-0.15, -0.1) is 0 Å². The Morgan fingerprint density at radius 3 is 2.62 bits per heavy atom. The van der Waals surface area contributed by atoms with Crippen molar-refractivity contribution in [1.82, 2.24) is 10.7 Å². The van der Waals surface area contributed by atoms with Crippen molar-refractivity contribution >= 4 is 34.0 Å². The Morgan fingerprint density at radius 2 is 1.90 bits per heavy atom. The summed E-state index contributed by atoms with van der Waals surface area (Å²) in [6.45, 7) is 1.73. The predicted molar refractivity (Wildman–Crippen MR) is 111 cm³/mol. The van der Waals surface area contributed by atoms with Crippen LogP contribution in [-0.4, -0.2) is 24.6 Å². The quantitative estimate of drug-likeness (QED) is 0.432. The minimum Gasteiger partial charge on any atom is -0.455 e. The van der Waals surface area contributed by atoms with Gasteiger partial charge in [-0.2, -0.15) is 5.10 Å². The number of carbonyl (C=O) groups is 2. The van der Waals surface area contributed by atoms with Gasteiger partial charge in [-0.05, 0) is 61.0 Å². The number of nitrogens with one attached hydrogen (secondary N) is 2. The SMILES string of the molecule is Cc1ccc(-c2ccc(/C=N\NC(=O)CNC(=O)c3ccc(F)cc3)o2)c(Br)c1. The van der Waals surface area contributed by atoms with E-state index in [1.807, 2.05) is 31.2 Å². The van der Waals surface area contributed by atoms with Crippen molar-refractivity contribution in [1.29, 1.82) is 0 Å². The number of amides is 2. The number of nitrogens with zero attached hydrogens (tertiary/aromatic N) is 1. The molecule has 2 N–H and O–H groups in total. The Bertz CT molecular complexity index is 1060. The van der Waals surface area contributed by atoms with Crippen LogP contribution in [0.15, 0.2) is 68.6 Å². The first kappa shape index (κ1) is 20.5. The van der Waals surface area contributed by atoms with Crippen LogP contribution in [0.3, 0.4) is 0 Å². The zero-order valence-corrected chi connectivity index (χ0v) is 17.0. The van der Waals surface area contributed by atoms with E-state index >= 15 is 0 Å². The maximum atomic E-state index is 12.9. The summed E-state index contributed by atoms with van der Waals surface area (Å²) in [4.78, 5) is 23.7. The molecule has 0 fully saturated rings. The van der Waals surface area contributed by atoms with Gasteiger partial charge in [-0.1, -0.05) is 22.0 Å². The van der Waals surface area contributed by atoms with Gasteiger partial charge in [0.1, 0.15) is 17.3 Å². The number of halogens is 2. The highest BCUT2D eigenvalue weighted by molar-refractivity contribution is 9.10. The lowest BCUT2D eigenvalue weighted by Gasteiger charge is -2.04. The van der Waals surface area contributed by atoms with Crippen LogP contribution in [0.4, 0.5) is 4.39 Å². The van der Waals surface area contributed by atoms with Crippen molar-refractivity contribution in [3.63, 3.8) is 0 Å². The standard InChI is InChI=1S/C21H17BrFN3O3/c1-13-2-8-17(18(22)10-13)19-9-7-16(29-19)11-25-26-20(27)12-24-21(28)14-3-5-15(23)6-4-14/h2-11H,12H2,1H3,(H,24,28)(H,26,27)/b25-11-. The van der Waals surface area contributed by atoms with Crippen LogP contribution in [0, 0.1) is 12.7 Å². The number of hydrogen-bond donors (Lipinski definition) is 2. The average Bonchev–Trinajstić information content (AvgIpc) is 3.15. The fourth-order valence-corrected chi connectivity index (χ4v) is 3.15. The van der Waals surface area contributed by atoms with Crippen molar-refractivity contribution in [2.75, 3.05) is 6.54 Å². The monoisotopic (exact) mass is 457 g/mol. The third-order valence-electron chi connectivity index (χ3n) is 3.91. The Morgan fingerprint density at radius 1 is 1.14 bits per heavy atom. The van der Waals surface area contributed by atoms with Crippen molar-refractivity contribution in [2.24, 2.45) is 5.10 Å². The van der Waals surface area contributed by atoms with Gasteiger partial charge >= 0.3 is 0 Å². The highest BCUT2D eigenvalue weighted by Gasteiger charge is 2.09. The van der Waals surface area contributed by atoms with Gasteiger partial charge in [-0.25, -0.2) is 9.82 Å². The van der Waals surface area contributed by atoms with Gasteiger partial charge in [0.25, 0.3) is 11.8 Å². The molecule has 0 bridgehead atoms. The summed E-state index contributed by atoms with van der Waals surface area (Å²) in [5.74, 6) is -0.308. The van der Waals surface area contributed by atoms with Crippen LogP contribution >= 0.6 is 15.9 Å². The third kappa shape index (κ3) is 5.61. The lowest BCUT2D eigenvalue weighted by Crippen LogP contribution is -2.34. The number of benzene rings is 2. The molecule has 2 amide bonds. The van der Waals surface area contributed by atoms with Gasteiger partial charge in [0.2, 0.25) is 0 Å². The molecule has 0 radical (unpaired) electrons. The van der Waals surface area contributed by atoms with E-state index < -0.39 is 17.6 Å². The largest absolute Gasteiger partial charge is 0.455 e. The summed E-state index contributed by atoms with van der Waals surface area (Å²) >= 11 is 3.51. The molecule has 3 rings (SSSR count). The van der Waals surface area contributed by atoms with E-state index in [4.69, 9.17) is 4.42 Å². The number of rotatable bonds is 6. The minimum absolute atomic E-state index is 0.257. The first-order valence-corrected chi connectivity index (χ1v) is 9.44. The minimum atomic E-state index is -0.509. The van der Waals surface area contributed by atoms with Crippen LogP contribution < -0.4 is 10.7 Å². The summed E-state index contributed by atoms with van der Waals surface area (Å²) in [6.07, 6.45) is 1.37. The molecule has 0 spiro atoms. The van der Waals surface area contributed by atoms with E-state index in [0.29, 0.717) is 11.5 Å². The number of aryl methyl sites for hydroxylation is 1. The molecule has 29 heavy (non-hydrogen) atoms. The van der Waals surface area contributed by atoms with E-state index in [-0.39, 0.29) is 12.1 Å². The molecule has 6 nitrogen and oxygen atoms in total. The molecule has 0 saturated heterocycles. The number of carbonyl (C=O) groups excluding carboxylic acids is 2. The van der Waals surface area contributed by atoms with Gasteiger partial charge < -0.3 is 9.73 Å². The topological polar surface area (TPSA) is 83.7 Å². The first-order chi connectivity index (χ1) is 13.9. The molecule has 2 aromatic carbocycles. The summed E-state index contributed by atoms with van der Waals surface area (Å²) in [5.41, 5.74) is 4.59. The number of hydrogen-bond acceptors (Lipinski definition) is 4. The maximum Gasteiger partial charge on any atom is 0.259 e. The Kier molecular flexibility index (Phi) is 6.56. The first-order valence-electron chi connectivity index (χ1n) is 8.64. The van der Waals surface area contributed by atoms with Gasteiger partial charge in [0.15, 0.2) is 0 Å². The van der Waals surface area contributed by atoms with E-state index in [2.05, 4.69) is 31.8 Å². The Balaban J connectivity index is 1.51. The van der Waals surface area contributed by atoms with Crippen molar-refractivity contribution < 1.29 is 18.4 Å². The second-order valence-electron chi connectivity index (χ2n) is 6.17. The summed E-state index contributed by atoms with van der Waals surface area (Å²) in [6, 6.07) is 14.5. The molecule has 0 saturated carbocycles. The average molecular weight is 458 g/mol. The fourth-order valence-electron chi connectivity index (χ4n) is 2.46. The summed E-state index contributed by atoms with van der Waals surface area (Å²) < 4.78 is 19.5. The molecule has 1 heterocycles. The van der Waals surface area contributed by atoms with E-state index in [1.54, 1.807) is 6.07 Å². The summed E-state index contributed by atoms with van der Waals surface area (Å²) in [7, 11) is 0. The van der Waals surface area contributed by atoms with E-state index in [0.717, 1.165) is 15.6 Å². The molecular weight excluding hydrogens is 441 g/mol. The zero-order chi connectivity index (χ0) is 20.8. The second-order valence-corrected chi connectivity index (χ2v) is 7.02.